The molecule has 0 rings (SSSR count). The lowest BCUT2D eigenvalue weighted by Crippen LogP contribution is -1.78. The molecule has 0 aromatic rings. The summed E-state index contributed by atoms with van der Waals surface area (Å²) in [5, 5.41) is 8.62. The van der Waals surface area contributed by atoms with Crippen molar-refractivity contribution in [2.24, 2.45) is 5.92 Å². The Kier molecular flexibility index (Phi) is 3.85. The molecule has 9 heavy (non-hydrogen) atoms. The van der Waals surface area contributed by atoms with Crippen molar-refractivity contribution in [2.75, 3.05) is 0 Å². The largest absolute Gasteiger partial charge is 0.513 e. The van der Waals surface area contributed by atoms with Crippen molar-refractivity contribution in [3.05, 3.63) is 24.5 Å². The molecule has 0 fully saturated rings. The molecule has 0 aliphatic carbocycles. The third kappa shape index (κ3) is 7.28. The maximum atomic E-state index is 8.62. The third-order valence-electron chi connectivity index (χ3n) is 0.874. The summed E-state index contributed by atoms with van der Waals surface area (Å²) in [7, 11) is 0. The Bertz CT molecular complexity index is 112. The predicted molar refractivity (Wildman–Crippen MR) is 40.4 cm³/mol. The van der Waals surface area contributed by atoms with Gasteiger partial charge in [0.1, 0.15) is 0 Å². The minimum Gasteiger partial charge on any atom is -0.513 e. The molecule has 0 aliphatic rings. The predicted octanol–water partition coefficient (Wildman–Crippen LogP) is 2.66. The molecule has 0 spiro atoms. The lowest BCUT2D eigenvalue weighted by molar-refractivity contribution is 0.404. The maximum absolute atomic E-state index is 8.62. The normalized spacial score (nSPS) is 11.0. The first kappa shape index (κ1) is 8.28. The second kappa shape index (κ2) is 4.19. The molecule has 0 aliphatic heterocycles. The summed E-state index contributed by atoms with van der Waals surface area (Å²) in [6.07, 6.45) is 4.55. The zero-order valence-corrected chi connectivity index (χ0v) is 6.09. The number of hydrogen-bond donors (Lipinski definition) is 1. The third-order valence-corrected chi connectivity index (χ3v) is 0.874. The summed E-state index contributed by atoms with van der Waals surface area (Å²) in [4.78, 5) is 0. The van der Waals surface area contributed by atoms with E-state index in [2.05, 4.69) is 20.4 Å². The molecule has 0 radical (unpaired) electrons. The van der Waals surface area contributed by atoms with Crippen LogP contribution < -0.4 is 0 Å². The number of aliphatic hydroxyl groups is 1. The van der Waals surface area contributed by atoms with E-state index in [9.17, 15) is 0 Å². The molecule has 0 unspecified atom stereocenters. The van der Waals surface area contributed by atoms with Gasteiger partial charge in [-0.05, 0) is 5.92 Å². The van der Waals surface area contributed by atoms with E-state index in [1.165, 1.54) is 0 Å². The molecule has 0 saturated carbocycles. The van der Waals surface area contributed by atoms with Gasteiger partial charge in [-0.25, -0.2) is 0 Å². The van der Waals surface area contributed by atoms with E-state index >= 15 is 0 Å². The topological polar surface area (TPSA) is 20.2 Å². The Morgan fingerprint density at radius 1 is 1.67 bits per heavy atom. The average Bonchev–Trinajstić information content (AvgIpc) is 1.63. The minimum atomic E-state index is 0.229. The van der Waals surface area contributed by atoms with Crippen LogP contribution in [0, 0.1) is 5.92 Å². The van der Waals surface area contributed by atoms with Gasteiger partial charge in [0.25, 0.3) is 0 Å². The van der Waals surface area contributed by atoms with Gasteiger partial charge in [-0.3, -0.25) is 0 Å². The minimum absolute atomic E-state index is 0.229. The lowest BCUT2D eigenvalue weighted by atomic mass is 10.2. The van der Waals surface area contributed by atoms with E-state index in [-0.39, 0.29) is 5.76 Å². The van der Waals surface area contributed by atoms with Crippen molar-refractivity contribution >= 4 is 0 Å². The zero-order chi connectivity index (χ0) is 7.28. The zero-order valence-electron chi connectivity index (χ0n) is 6.09. The summed E-state index contributed by atoms with van der Waals surface area (Å²) in [6.45, 7) is 7.54. The number of aliphatic hydroxyl groups excluding tert-OH is 1. The SMILES string of the molecule is C=C(O)C/C=C\C(C)C. The van der Waals surface area contributed by atoms with Crippen LogP contribution in [0.5, 0.6) is 0 Å². The summed E-state index contributed by atoms with van der Waals surface area (Å²) >= 11 is 0. The quantitative estimate of drug-likeness (QED) is 0.455. The van der Waals surface area contributed by atoms with Crippen molar-refractivity contribution in [3.63, 3.8) is 0 Å². The van der Waals surface area contributed by atoms with Gasteiger partial charge in [-0.15, -0.1) is 0 Å². The summed E-state index contributed by atoms with van der Waals surface area (Å²) in [5.74, 6) is 0.788. The van der Waals surface area contributed by atoms with E-state index in [0.717, 1.165) is 0 Å². The van der Waals surface area contributed by atoms with Gasteiger partial charge >= 0.3 is 0 Å². The van der Waals surface area contributed by atoms with Crippen LogP contribution in [0.25, 0.3) is 0 Å². The smallest absolute Gasteiger partial charge is 0.0888 e. The van der Waals surface area contributed by atoms with E-state index < -0.39 is 0 Å². The van der Waals surface area contributed by atoms with E-state index in [4.69, 9.17) is 5.11 Å². The van der Waals surface area contributed by atoms with Crippen LogP contribution in [0.15, 0.2) is 24.5 Å². The Balaban J connectivity index is 3.36. The average molecular weight is 126 g/mol. The fraction of sp³-hybridized carbons (Fsp3) is 0.500. The highest BCUT2D eigenvalue weighted by Crippen LogP contribution is 1.98. The Labute approximate surface area is 56.7 Å². The number of hydrogen-bond acceptors (Lipinski definition) is 1. The van der Waals surface area contributed by atoms with Crippen molar-refractivity contribution in [2.45, 2.75) is 20.3 Å². The second-order valence-corrected chi connectivity index (χ2v) is 2.44. The molecule has 1 N–H and O–H groups in total. The van der Waals surface area contributed by atoms with Gasteiger partial charge in [0.05, 0.1) is 5.76 Å². The molecule has 52 valence electrons. The van der Waals surface area contributed by atoms with Crippen LogP contribution in [0.3, 0.4) is 0 Å². The molecule has 0 saturated heterocycles. The first-order valence-corrected chi connectivity index (χ1v) is 3.16. The van der Waals surface area contributed by atoms with Crippen LogP contribution in [0.2, 0.25) is 0 Å². The molecular weight excluding hydrogens is 112 g/mol. The van der Waals surface area contributed by atoms with E-state index in [0.29, 0.717) is 12.3 Å². The fourth-order valence-corrected chi connectivity index (χ4v) is 0.476. The lowest BCUT2D eigenvalue weighted by Gasteiger charge is -1.92. The summed E-state index contributed by atoms with van der Waals surface area (Å²) in [5.41, 5.74) is 0. The Hall–Kier alpha value is -0.720. The van der Waals surface area contributed by atoms with Crippen molar-refractivity contribution in [1.29, 1.82) is 0 Å². The monoisotopic (exact) mass is 126 g/mol. The highest BCUT2D eigenvalue weighted by Gasteiger charge is 1.84. The Morgan fingerprint density at radius 3 is 2.56 bits per heavy atom. The van der Waals surface area contributed by atoms with E-state index in [1.54, 1.807) is 0 Å². The number of allylic oxidation sites excluding steroid dienone is 2. The summed E-state index contributed by atoms with van der Waals surface area (Å²) in [6, 6.07) is 0. The standard InChI is InChI=1S/C8H14O/c1-7(2)5-4-6-8(3)9/h4-5,7,9H,3,6H2,1-2H3/b5-4-. The van der Waals surface area contributed by atoms with Crippen LogP contribution in [0.1, 0.15) is 20.3 Å². The van der Waals surface area contributed by atoms with Crippen molar-refractivity contribution in [3.8, 4) is 0 Å². The molecule has 0 bridgehead atoms. The van der Waals surface area contributed by atoms with Gasteiger partial charge in [0.15, 0.2) is 0 Å². The first-order valence-electron chi connectivity index (χ1n) is 3.16. The van der Waals surface area contributed by atoms with Gasteiger partial charge in [0, 0.05) is 6.42 Å². The van der Waals surface area contributed by atoms with Crippen LogP contribution >= 0.6 is 0 Å². The van der Waals surface area contributed by atoms with Crippen LogP contribution in [-0.2, 0) is 0 Å². The van der Waals surface area contributed by atoms with Crippen molar-refractivity contribution in [1.82, 2.24) is 0 Å². The van der Waals surface area contributed by atoms with Gasteiger partial charge < -0.3 is 5.11 Å². The van der Waals surface area contributed by atoms with Gasteiger partial charge in [-0.2, -0.15) is 0 Å². The highest BCUT2D eigenvalue weighted by molar-refractivity contribution is 4.94. The molecular formula is C8H14O. The highest BCUT2D eigenvalue weighted by atomic mass is 16.3. The molecule has 1 nitrogen and oxygen atoms in total. The first-order chi connectivity index (χ1) is 4.13. The maximum Gasteiger partial charge on any atom is 0.0888 e. The molecule has 0 atom stereocenters. The second-order valence-electron chi connectivity index (χ2n) is 2.44. The molecule has 0 heterocycles. The van der Waals surface area contributed by atoms with Gasteiger partial charge in [0.2, 0.25) is 0 Å². The van der Waals surface area contributed by atoms with Gasteiger partial charge in [-0.1, -0.05) is 32.6 Å². The fourth-order valence-electron chi connectivity index (χ4n) is 0.476. The van der Waals surface area contributed by atoms with E-state index in [1.807, 2.05) is 12.2 Å². The molecule has 1 heteroatoms. The van der Waals surface area contributed by atoms with Crippen LogP contribution in [0.4, 0.5) is 0 Å². The van der Waals surface area contributed by atoms with Crippen LogP contribution in [-0.4, -0.2) is 5.11 Å². The molecule has 0 aromatic carbocycles. The molecule has 0 amide bonds. The molecule has 0 aromatic heterocycles. The Morgan fingerprint density at radius 2 is 2.22 bits per heavy atom. The summed E-state index contributed by atoms with van der Waals surface area (Å²) < 4.78 is 0. The number of rotatable bonds is 3. The van der Waals surface area contributed by atoms with Crippen molar-refractivity contribution < 1.29 is 5.11 Å².